The summed E-state index contributed by atoms with van der Waals surface area (Å²) in [6.45, 7) is 4.95. The number of thiophene rings is 1. The lowest BCUT2D eigenvalue weighted by Crippen LogP contribution is -2.01. The molecule has 2 heterocycles. The molecule has 0 saturated heterocycles. The van der Waals surface area contributed by atoms with Crippen LogP contribution in [-0.2, 0) is 0 Å². The minimum atomic E-state index is 0.753. The molecule has 0 aliphatic rings. The van der Waals surface area contributed by atoms with E-state index in [1.54, 1.807) is 17.5 Å². The Morgan fingerprint density at radius 1 is 1.35 bits per heavy atom. The van der Waals surface area contributed by atoms with Crippen LogP contribution in [0.5, 0.6) is 0 Å². The molecule has 0 spiro atoms. The second kappa shape index (κ2) is 5.46. The Hall–Kier alpha value is -0.460. The first-order chi connectivity index (χ1) is 8.11. The lowest BCUT2D eigenvalue weighted by molar-refractivity contribution is 1.11. The second-order valence-corrected chi connectivity index (χ2v) is 6.40. The molecule has 17 heavy (non-hydrogen) atoms. The standard InChI is InChI=1S/C11H11Br2N3S/c1-3-14-10-8(13)5-15-11(16-10)9-4-7(12)6(2)17-9/h4-5H,3H2,1-2H3,(H,14,15,16). The van der Waals surface area contributed by atoms with Gasteiger partial charge in [0.15, 0.2) is 5.82 Å². The number of nitrogens with one attached hydrogen (secondary N) is 1. The second-order valence-electron chi connectivity index (χ2n) is 3.44. The van der Waals surface area contributed by atoms with Gasteiger partial charge in [-0.3, -0.25) is 0 Å². The molecule has 0 saturated carbocycles. The lowest BCUT2D eigenvalue weighted by Gasteiger charge is -2.05. The van der Waals surface area contributed by atoms with E-state index in [1.807, 2.05) is 6.92 Å². The minimum Gasteiger partial charge on any atom is -0.369 e. The van der Waals surface area contributed by atoms with Crippen LogP contribution < -0.4 is 5.32 Å². The van der Waals surface area contributed by atoms with Gasteiger partial charge in [-0.25, -0.2) is 9.97 Å². The van der Waals surface area contributed by atoms with Crippen molar-refractivity contribution in [1.29, 1.82) is 0 Å². The Labute approximate surface area is 121 Å². The highest BCUT2D eigenvalue weighted by Crippen LogP contribution is 2.33. The summed E-state index contributed by atoms with van der Waals surface area (Å²) >= 11 is 8.62. The van der Waals surface area contributed by atoms with Gasteiger partial charge >= 0.3 is 0 Å². The van der Waals surface area contributed by atoms with Gasteiger partial charge < -0.3 is 5.32 Å². The monoisotopic (exact) mass is 375 g/mol. The molecule has 90 valence electrons. The molecule has 3 nitrogen and oxygen atoms in total. The predicted molar refractivity (Wildman–Crippen MR) is 79.6 cm³/mol. The summed E-state index contributed by atoms with van der Waals surface area (Å²) in [5, 5.41) is 3.20. The van der Waals surface area contributed by atoms with Gasteiger partial charge in [-0.1, -0.05) is 0 Å². The number of hydrogen-bond acceptors (Lipinski definition) is 4. The zero-order chi connectivity index (χ0) is 12.4. The Morgan fingerprint density at radius 3 is 2.71 bits per heavy atom. The van der Waals surface area contributed by atoms with Crippen LogP contribution >= 0.6 is 43.2 Å². The molecule has 0 amide bonds. The largest absolute Gasteiger partial charge is 0.369 e. The first-order valence-corrected chi connectivity index (χ1v) is 7.54. The van der Waals surface area contributed by atoms with E-state index in [1.165, 1.54) is 4.88 Å². The number of rotatable bonds is 3. The molecule has 0 bridgehead atoms. The van der Waals surface area contributed by atoms with Crippen molar-refractivity contribution in [1.82, 2.24) is 9.97 Å². The summed E-state index contributed by atoms with van der Waals surface area (Å²) in [5.41, 5.74) is 0. The van der Waals surface area contributed by atoms with Gasteiger partial charge in [0.2, 0.25) is 0 Å². The molecule has 2 rings (SSSR count). The molecule has 0 aliphatic carbocycles. The first kappa shape index (κ1) is 13.0. The van der Waals surface area contributed by atoms with Crippen LogP contribution in [0.1, 0.15) is 11.8 Å². The van der Waals surface area contributed by atoms with E-state index in [-0.39, 0.29) is 0 Å². The fourth-order valence-corrected chi connectivity index (χ4v) is 3.15. The number of hydrogen-bond donors (Lipinski definition) is 1. The maximum Gasteiger partial charge on any atom is 0.171 e. The smallest absolute Gasteiger partial charge is 0.171 e. The van der Waals surface area contributed by atoms with E-state index < -0.39 is 0 Å². The highest BCUT2D eigenvalue weighted by molar-refractivity contribution is 9.11. The van der Waals surface area contributed by atoms with Crippen LogP contribution in [0.3, 0.4) is 0 Å². The molecule has 0 atom stereocenters. The zero-order valence-electron chi connectivity index (χ0n) is 9.42. The number of aromatic nitrogens is 2. The third-order valence-corrected chi connectivity index (χ3v) is 4.88. The number of aryl methyl sites for hydroxylation is 1. The van der Waals surface area contributed by atoms with E-state index in [0.717, 1.165) is 32.0 Å². The van der Waals surface area contributed by atoms with Crippen LogP contribution in [0.2, 0.25) is 0 Å². The summed E-state index contributed by atoms with van der Waals surface area (Å²) in [6.07, 6.45) is 1.78. The molecule has 2 aromatic rings. The Bertz CT molecular complexity index is 520. The van der Waals surface area contributed by atoms with Gasteiger partial charge in [-0.2, -0.15) is 0 Å². The fraction of sp³-hybridized carbons (Fsp3) is 0.273. The van der Waals surface area contributed by atoms with Crippen molar-refractivity contribution in [2.45, 2.75) is 13.8 Å². The highest BCUT2D eigenvalue weighted by atomic mass is 79.9. The van der Waals surface area contributed by atoms with Crippen LogP contribution in [0, 0.1) is 6.92 Å². The third-order valence-electron chi connectivity index (χ3n) is 2.17. The lowest BCUT2D eigenvalue weighted by atomic mass is 10.4. The maximum atomic E-state index is 4.51. The van der Waals surface area contributed by atoms with Gasteiger partial charge in [-0.15, -0.1) is 11.3 Å². The molecular formula is C11H11Br2N3S. The van der Waals surface area contributed by atoms with Gasteiger partial charge in [0.05, 0.1) is 9.35 Å². The topological polar surface area (TPSA) is 37.8 Å². The normalized spacial score (nSPS) is 10.6. The predicted octanol–water partition coefficient (Wildman–Crippen LogP) is 4.47. The Balaban J connectivity index is 2.42. The van der Waals surface area contributed by atoms with Crippen molar-refractivity contribution in [2.75, 3.05) is 11.9 Å². The average molecular weight is 377 g/mol. The zero-order valence-corrected chi connectivity index (χ0v) is 13.4. The van der Waals surface area contributed by atoms with E-state index in [0.29, 0.717) is 0 Å². The quantitative estimate of drug-likeness (QED) is 0.858. The fourth-order valence-electron chi connectivity index (χ4n) is 1.35. The maximum absolute atomic E-state index is 4.51. The summed E-state index contributed by atoms with van der Waals surface area (Å²) in [5.74, 6) is 1.59. The van der Waals surface area contributed by atoms with E-state index >= 15 is 0 Å². The van der Waals surface area contributed by atoms with Crippen LogP contribution in [0.15, 0.2) is 21.2 Å². The number of nitrogens with zero attached hydrogens (tertiary/aromatic N) is 2. The van der Waals surface area contributed by atoms with Crippen molar-refractivity contribution < 1.29 is 0 Å². The molecule has 6 heteroatoms. The highest BCUT2D eigenvalue weighted by Gasteiger charge is 2.10. The average Bonchev–Trinajstić information content (AvgIpc) is 2.63. The van der Waals surface area contributed by atoms with Gasteiger partial charge in [0, 0.05) is 22.1 Å². The third kappa shape index (κ3) is 2.86. The molecule has 1 N–H and O–H groups in total. The van der Waals surface area contributed by atoms with Gasteiger partial charge in [-0.05, 0) is 51.8 Å². The molecule has 0 fully saturated rings. The first-order valence-electron chi connectivity index (χ1n) is 5.14. The molecule has 2 aromatic heterocycles. The van der Waals surface area contributed by atoms with Crippen LogP contribution in [-0.4, -0.2) is 16.5 Å². The molecular weight excluding hydrogens is 366 g/mol. The molecule has 0 unspecified atom stereocenters. The molecule has 0 radical (unpaired) electrons. The summed E-state index contributed by atoms with van der Waals surface area (Å²) in [6, 6.07) is 2.05. The van der Waals surface area contributed by atoms with E-state index in [2.05, 4.69) is 60.1 Å². The van der Waals surface area contributed by atoms with Crippen molar-refractivity contribution in [3.05, 3.63) is 26.1 Å². The Morgan fingerprint density at radius 2 is 2.12 bits per heavy atom. The molecule has 0 aromatic carbocycles. The molecule has 0 aliphatic heterocycles. The Kier molecular flexibility index (Phi) is 4.17. The number of halogens is 2. The van der Waals surface area contributed by atoms with Gasteiger partial charge in [0.25, 0.3) is 0 Å². The van der Waals surface area contributed by atoms with Crippen LogP contribution in [0.25, 0.3) is 10.7 Å². The minimum absolute atomic E-state index is 0.753. The van der Waals surface area contributed by atoms with Crippen molar-refractivity contribution in [2.24, 2.45) is 0 Å². The van der Waals surface area contributed by atoms with Crippen LogP contribution in [0.4, 0.5) is 5.82 Å². The number of anilines is 1. The van der Waals surface area contributed by atoms with Crippen molar-refractivity contribution >= 4 is 49.0 Å². The summed E-state index contributed by atoms with van der Waals surface area (Å²) in [4.78, 5) is 11.1. The summed E-state index contributed by atoms with van der Waals surface area (Å²) < 4.78 is 1.99. The van der Waals surface area contributed by atoms with Gasteiger partial charge in [0.1, 0.15) is 5.82 Å². The SMILES string of the molecule is CCNc1nc(-c2cc(Br)c(C)s2)ncc1Br. The van der Waals surface area contributed by atoms with E-state index in [9.17, 15) is 0 Å². The summed E-state index contributed by atoms with van der Waals surface area (Å²) in [7, 11) is 0. The van der Waals surface area contributed by atoms with Crippen molar-refractivity contribution in [3.63, 3.8) is 0 Å². The van der Waals surface area contributed by atoms with Crippen molar-refractivity contribution in [3.8, 4) is 10.7 Å². The van der Waals surface area contributed by atoms with E-state index in [4.69, 9.17) is 0 Å².